The molecule has 162 valence electrons. The Labute approximate surface area is 195 Å². The molecule has 0 saturated carbocycles. The van der Waals surface area contributed by atoms with Crippen LogP contribution in [0.5, 0.6) is 0 Å². The molecule has 0 fully saturated rings. The Kier molecular flexibility index (Phi) is 5.58. The van der Waals surface area contributed by atoms with Crippen LogP contribution in [0.15, 0.2) is 115 Å². The SMILES string of the molecule is C/C=C\C(C)=C(/C)c1ccccc1Nc1cccc(-n2c3ccccc3c3ccccc32)c1. The van der Waals surface area contributed by atoms with Crippen molar-refractivity contribution in [1.82, 2.24) is 4.57 Å². The van der Waals surface area contributed by atoms with Gasteiger partial charge in [0.2, 0.25) is 0 Å². The maximum Gasteiger partial charge on any atom is 0.0541 e. The van der Waals surface area contributed by atoms with Gasteiger partial charge in [-0.1, -0.05) is 72.8 Å². The minimum absolute atomic E-state index is 1.07. The number of rotatable bonds is 5. The molecule has 5 rings (SSSR count). The molecular formula is C31H28N2. The molecule has 0 amide bonds. The molecule has 4 aromatic carbocycles. The zero-order valence-corrected chi connectivity index (χ0v) is 19.3. The van der Waals surface area contributed by atoms with Crippen LogP contribution in [0.1, 0.15) is 26.3 Å². The number of hydrogen-bond donors (Lipinski definition) is 1. The Morgan fingerprint density at radius 1 is 0.727 bits per heavy atom. The van der Waals surface area contributed by atoms with Crippen molar-refractivity contribution in [2.75, 3.05) is 5.32 Å². The summed E-state index contributed by atoms with van der Waals surface area (Å²) in [6.45, 7) is 6.40. The van der Waals surface area contributed by atoms with Crippen LogP contribution in [0.2, 0.25) is 0 Å². The van der Waals surface area contributed by atoms with Gasteiger partial charge in [-0.2, -0.15) is 0 Å². The molecule has 33 heavy (non-hydrogen) atoms. The number of allylic oxidation sites excluding steroid dienone is 4. The van der Waals surface area contributed by atoms with Gasteiger partial charge in [-0.15, -0.1) is 0 Å². The van der Waals surface area contributed by atoms with E-state index in [1.165, 1.54) is 38.5 Å². The molecule has 0 aliphatic carbocycles. The fourth-order valence-electron chi connectivity index (χ4n) is 4.59. The Hall–Kier alpha value is -4.04. The van der Waals surface area contributed by atoms with Crippen LogP contribution in [0, 0.1) is 0 Å². The first kappa shape index (κ1) is 20.8. The van der Waals surface area contributed by atoms with E-state index in [0.29, 0.717) is 0 Å². The molecule has 5 aromatic rings. The standard InChI is InChI=1S/C31H28N2/c1-4-12-22(2)23(3)26-15-5-8-18-29(26)32-24-13-11-14-25(21-24)33-30-19-9-6-16-27(30)28-17-7-10-20-31(28)33/h4-21,32H,1-3H3/b12-4-,23-22+. The van der Waals surface area contributed by atoms with E-state index in [-0.39, 0.29) is 0 Å². The highest BCUT2D eigenvalue weighted by molar-refractivity contribution is 6.09. The molecule has 0 radical (unpaired) electrons. The molecule has 2 nitrogen and oxygen atoms in total. The largest absolute Gasteiger partial charge is 0.355 e. The number of anilines is 2. The summed E-state index contributed by atoms with van der Waals surface area (Å²) in [6.07, 6.45) is 4.25. The number of aromatic nitrogens is 1. The smallest absolute Gasteiger partial charge is 0.0541 e. The van der Waals surface area contributed by atoms with Gasteiger partial charge in [0.15, 0.2) is 0 Å². The normalized spacial score (nSPS) is 12.5. The van der Waals surface area contributed by atoms with E-state index >= 15 is 0 Å². The predicted octanol–water partition coefficient (Wildman–Crippen LogP) is 8.90. The monoisotopic (exact) mass is 428 g/mol. The lowest BCUT2D eigenvalue weighted by atomic mass is 10.00. The molecule has 0 bridgehead atoms. The molecule has 1 N–H and O–H groups in total. The van der Waals surface area contributed by atoms with Gasteiger partial charge in [0.25, 0.3) is 0 Å². The average molecular weight is 429 g/mol. The lowest BCUT2D eigenvalue weighted by Gasteiger charge is -2.15. The van der Waals surface area contributed by atoms with Crippen molar-refractivity contribution in [3.05, 3.63) is 120 Å². The summed E-state index contributed by atoms with van der Waals surface area (Å²) in [5.41, 5.74) is 9.52. The molecule has 0 saturated heterocycles. The van der Waals surface area contributed by atoms with E-state index in [1.807, 2.05) is 0 Å². The summed E-state index contributed by atoms with van der Waals surface area (Å²) < 4.78 is 2.35. The molecule has 0 aliphatic heterocycles. The lowest BCUT2D eigenvalue weighted by molar-refractivity contribution is 1.18. The third-order valence-electron chi connectivity index (χ3n) is 6.30. The minimum Gasteiger partial charge on any atom is -0.355 e. The molecule has 1 heterocycles. The van der Waals surface area contributed by atoms with Crippen molar-refractivity contribution in [2.24, 2.45) is 0 Å². The second-order valence-electron chi connectivity index (χ2n) is 8.40. The van der Waals surface area contributed by atoms with Crippen molar-refractivity contribution in [1.29, 1.82) is 0 Å². The van der Waals surface area contributed by atoms with Crippen LogP contribution >= 0.6 is 0 Å². The maximum absolute atomic E-state index is 3.68. The van der Waals surface area contributed by atoms with Gasteiger partial charge in [-0.25, -0.2) is 0 Å². The fourth-order valence-corrected chi connectivity index (χ4v) is 4.59. The van der Waals surface area contributed by atoms with Crippen molar-refractivity contribution in [3.8, 4) is 5.69 Å². The van der Waals surface area contributed by atoms with Crippen LogP contribution in [-0.2, 0) is 0 Å². The first-order valence-electron chi connectivity index (χ1n) is 11.4. The summed E-state index contributed by atoms with van der Waals surface area (Å²) >= 11 is 0. The highest BCUT2D eigenvalue weighted by atomic mass is 15.0. The molecule has 1 aromatic heterocycles. The number of nitrogens with one attached hydrogen (secondary N) is 1. The third-order valence-corrected chi connectivity index (χ3v) is 6.30. The van der Waals surface area contributed by atoms with Gasteiger partial charge in [-0.05, 0) is 68.3 Å². The fraction of sp³-hybridized carbons (Fsp3) is 0.0968. The second kappa shape index (κ2) is 8.84. The highest BCUT2D eigenvalue weighted by Crippen LogP contribution is 2.34. The van der Waals surface area contributed by atoms with E-state index in [2.05, 4.69) is 140 Å². The van der Waals surface area contributed by atoms with Gasteiger partial charge in [-0.3, -0.25) is 0 Å². The van der Waals surface area contributed by atoms with E-state index in [1.54, 1.807) is 0 Å². The molecular weight excluding hydrogens is 400 g/mol. The quantitative estimate of drug-likeness (QED) is 0.277. The first-order valence-corrected chi connectivity index (χ1v) is 11.4. The van der Waals surface area contributed by atoms with E-state index in [4.69, 9.17) is 0 Å². The number of hydrogen-bond acceptors (Lipinski definition) is 1. The van der Waals surface area contributed by atoms with Crippen LogP contribution in [0.4, 0.5) is 11.4 Å². The summed E-state index contributed by atoms with van der Waals surface area (Å²) in [7, 11) is 0. The molecule has 0 unspecified atom stereocenters. The van der Waals surface area contributed by atoms with E-state index in [9.17, 15) is 0 Å². The Balaban J connectivity index is 1.60. The van der Waals surface area contributed by atoms with E-state index in [0.717, 1.165) is 17.1 Å². The Bertz CT molecular complexity index is 1460. The topological polar surface area (TPSA) is 17.0 Å². The summed E-state index contributed by atoms with van der Waals surface area (Å²) in [6, 6.07) is 34.4. The predicted molar refractivity (Wildman–Crippen MR) is 144 cm³/mol. The van der Waals surface area contributed by atoms with Crippen molar-refractivity contribution in [3.63, 3.8) is 0 Å². The second-order valence-corrected chi connectivity index (χ2v) is 8.40. The maximum atomic E-state index is 3.68. The van der Waals surface area contributed by atoms with Gasteiger partial charge >= 0.3 is 0 Å². The van der Waals surface area contributed by atoms with Gasteiger partial charge < -0.3 is 9.88 Å². The average Bonchev–Trinajstić information content (AvgIpc) is 3.19. The van der Waals surface area contributed by atoms with Gasteiger partial charge in [0.1, 0.15) is 0 Å². The zero-order chi connectivity index (χ0) is 22.8. The number of nitrogens with zero attached hydrogens (tertiary/aromatic N) is 1. The van der Waals surface area contributed by atoms with Crippen LogP contribution in [0.3, 0.4) is 0 Å². The Morgan fingerprint density at radius 3 is 2.06 bits per heavy atom. The van der Waals surface area contributed by atoms with Crippen molar-refractivity contribution in [2.45, 2.75) is 20.8 Å². The van der Waals surface area contributed by atoms with E-state index < -0.39 is 0 Å². The van der Waals surface area contributed by atoms with Crippen LogP contribution < -0.4 is 5.32 Å². The summed E-state index contributed by atoms with van der Waals surface area (Å²) in [4.78, 5) is 0. The highest BCUT2D eigenvalue weighted by Gasteiger charge is 2.12. The number of benzene rings is 4. The summed E-state index contributed by atoms with van der Waals surface area (Å²) in [5.74, 6) is 0. The molecule has 0 atom stereocenters. The van der Waals surface area contributed by atoms with Crippen LogP contribution in [-0.4, -0.2) is 4.57 Å². The van der Waals surface area contributed by atoms with Crippen molar-refractivity contribution >= 4 is 38.8 Å². The number of fused-ring (bicyclic) bond motifs is 3. The third kappa shape index (κ3) is 3.85. The zero-order valence-electron chi connectivity index (χ0n) is 19.3. The molecule has 0 spiro atoms. The summed E-state index contributed by atoms with van der Waals surface area (Å²) in [5, 5.41) is 6.23. The molecule has 0 aliphatic rings. The van der Waals surface area contributed by atoms with Crippen LogP contribution in [0.25, 0.3) is 33.1 Å². The van der Waals surface area contributed by atoms with Crippen molar-refractivity contribution < 1.29 is 0 Å². The number of para-hydroxylation sites is 3. The first-order chi connectivity index (χ1) is 16.2. The lowest BCUT2D eigenvalue weighted by Crippen LogP contribution is -1.98. The minimum atomic E-state index is 1.07. The Morgan fingerprint density at radius 2 is 1.36 bits per heavy atom. The van der Waals surface area contributed by atoms with Gasteiger partial charge in [0, 0.05) is 33.4 Å². The molecule has 2 heteroatoms. The van der Waals surface area contributed by atoms with Gasteiger partial charge in [0.05, 0.1) is 11.0 Å².